The quantitative estimate of drug-likeness (QED) is 0.914. The number of nitrogens with one attached hydrogen (secondary N) is 1. The van der Waals surface area contributed by atoms with Crippen molar-refractivity contribution >= 4 is 23.3 Å². The first-order chi connectivity index (χ1) is 8.33. The minimum Gasteiger partial charge on any atom is -0.372 e. The van der Waals surface area contributed by atoms with E-state index in [9.17, 15) is 4.79 Å². The van der Waals surface area contributed by atoms with Crippen molar-refractivity contribution in [1.82, 2.24) is 9.88 Å². The summed E-state index contributed by atoms with van der Waals surface area (Å²) in [5.74, 6) is 0.504. The van der Waals surface area contributed by atoms with Crippen LogP contribution in [0.4, 0.5) is 5.82 Å². The lowest BCUT2D eigenvalue weighted by atomic mass is 9.99. The van der Waals surface area contributed by atoms with Crippen molar-refractivity contribution in [2.45, 2.75) is 32.7 Å². The Morgan fingerprint density at radius 3 is 2.61 bits per heavy atom. The lowest BCUT2D eigenvalue weighted by molar-refractivity contribution is 0.0620. The van der Waals surface area contributed by atoms with Crippen LogP contribution in [-0.2, 0) is 0 Å². The van der Waals surface area contributed by atoms with Crippen LogP contribution in [0.25, 0.3) is 0 Å². The summed E-state index contributed by atoms with van der Waals surface area (Å²) in [6, 6.07) is 1.64. The first-order valence-corrected chi connectivity index (χ1v) is 6.32. The predicted octanol–water partition coefficient (Wildman–Crippen LogP) is 3.04. The highest BCUT2D eigenvalue weighted by Gasteiger charge is 2.26. The minimum absolute atomic E-state index is 0.0705. The number of aromatic nitrogens is 1. The fourth-order valence-corrected chi connectivity index (χ4v) is 1.71. The molecule has 1 heterocycles. The van der Waals surface area contributed by atoms with Crippen LogP contribution in [0.1, 0.15) is 37.6 Å². The monoisotopic (exact) mass is 269 g/mol. The summed E-state index contributed by atoms with van der Waals surface area (Å²) in [4.78, 5) is 18.1. The number of rotatable bonds is 4. The van der Waals surface area contributed by atoms with Crippen molar-refractivity contribution in [3.8, 4) is 0 Å². The van der Waals surface area contributed by atoms with Gasteiger partial charge in [0.2, 0.25) is 0 Å². The zero-order valence-corrected chi connectivity index (χ0v) is 12.3. The van der Waals surface area contributed by atoms with Gasteiger partial charge in [-0.05, 0) is 26.3 Å². The first kappa shape index (κ1) is 14.8. The SMILES string of the molecule is CCC(C)(C)N(C)C(=O)c1cnc(NC)c(Cl)c1. The lowest BCUT2D eigenvalue weighted by Gasteiger charge is -2.34. The average molecular weight is 270 g/mol. The Kier molecular flexibility index (Phi) is 4.57. The Bertz CT molecular complexity index is 446. The molecule has 1 aromatic heterocycles. The van der Waals surface area contributed by atoms with Gasteiger partial charge < -0.3 is 10.2 Å². The van der Waals surface area contributed by atoms with E-state index < -0.39 is 0 Å². The number of anilines is 1. The molecule has 4 nitrogen and oxygen atoms in total. The highest BCUT2D eigenvalue weighted by Crippen LogP contribution is 2.23. The summed E-state index contributed by atoms with van der Waals surface area (Å²) in [6.45, 7) is 6.11. The molecule has 1 rings (SSSR count). The molecule has 0 aliphatic heterocycles. The second-order valence-electron chi connectivity index (χ2n) is 4.83. The minimum atomic E-state index is -0.189. The number of carbonyl (C=O) groups excluding carboxylic acids is 1. The summed E-state index contributed by atoms with van der Waals surface area (Å²) in [6.07, 6.45) is 2.42. The number of amides is 1. The summed E-state index contributed by atoms with van der Waals surface area (Å²) in [7, 11) is 3.54. The smallest absolute Gasteiger partial charge is 0.255 e. The third kappa shape index (κ3) is 2.93. The third-order valence-electron chi connectivity index (χ3n) is 3.40. The van der Waals surface area contributed by atoms with Crippen molar-refractivity contribution in [2.75, 3.05) is 19.4 Å². The van der Waals surface area contributed by atoms with Gasteiger partial charge in [-0.3, -0.25) is 4.79 Å². The van der Waals surface area contributed by atoms with Crippen molar-refractivity contribution in [3.63, 3.8) is 0 Å². The molecule has 1 amide bonds. The number of hydrogen-bond acceptors (Lipinski definition) is 3. The van der Waals surface area contributed by atoms with Gasteiger partial charge in [0, 0.05) is 25.8 Å². The molecule has 18 heavy (non-hydrogen) atoms. The van der Waals surface area contributed by atoms with Crippen molar-refractivity contribution in [3.05, 3.63) is 22.8 Å². The zero-order valence-electron chi connectivity index (χ0n) is 11.5. The summed E-state index contributed by atoms with van der Waals surface area (Å²) < 4.78 is 0. The molecule has 0 fully saturated rings. The van der Waals surface area contributed by atoms with Gasteiger partial charge in [0.25, 0.3) is 5.91 Å². The summed E-state index contributed by atoms with van der Waals surface area (Å²) >= 11 is 6.03. The molecule has 0 unspecified atom stereocenters. The maximum atomic E-state index is 12.3. The Hall–Kier alpha value is -1.29. The average Bonchev–Trinajstić information content (AvgIpc) is 2.36. The maximum Gasteiger partial charge on any atom is 0.255 e. The van der Waals surface area contributed by atoms with E-state index in [-0.39, 0.29) is 11.4 Å². The van der Waals surface area contributed by atoms with E-state index in [1.165, 1.54) is 0 Å². The van der Waals surface area contributed by atoms with E-state index in [0.717, 1.165) is 6.42 Å². The number of carbonyl (C=O) groups is 1. The number of nitrogens with zero attached hydrogens (tertiary/aromatic N) is 2. The zero-order chi connectivity index (χ0) is 13.9. The number of pyridine rings is 1. The summed E-state index contributed by atoms with van der Waals surface area (Å²) in [5.41, 5.74) is 0.314. The van der Waals surface area contributed by atoms with E-state index in [2.05, 4.69) is 17.2 Å². The standard InChI is InChI=1S/C13H20ClN3O/c1-6-13(2,3)17(5)12(18)9-7-10(14)11(15-4)16-8-9/h7-8H,6H2,1-5H3,(H,15,16). The second-order valence-corrected chi connectivity index (χ2v) is 5.24. The maximum absolute atomic E-state index is 12.3. The Morgan fingerprint density at radius 1 is 1.56 bits per heavy atom. The first-order valence-electron chi connectivity index (χ1n) is 5.95. The van der Waals surface area contributed by atoms with Crippen LogP contribution in [0.2, 0.25) is 5.02 Å². The number of halogens is 1. The van der Waals surface area contributed by atoms with Crippen LogP contribution in [0.15, 0.2) is 12.3 Å². The van der Waals surface area contributed by atoms with E-state index >= 15 is 0 Å². The molecule has 0 atom stereocenters. The van der Waals surface area contributed by atoms with E-state index in [1.54, 1.807) is 31.3 Å². The van der Waals surface area contributed by atoms with E-state index in [1.807, 2.05) is 13.8 Å². The third-order valence-corrected chi connectivity index (χ3v) is 3.69. The van der Waals surface area contributed by atoms with Crippen LogP contribution < -0.4 is 5.32 Å². The molecule has 0 aliphatic rings. The van der Waals surface area contributed by atoms with Gasteiger partial charge >= 0.3 is 0 Å². The fraction of sp³-hybridized carbons (Fsp3) is 0.538. The molecule has 1 aromatic rings. The molecule has 0 saturated heterocycles. The van der Waals surface area contributed by atoms with Crippen LogP contribution >= 0.6 is 11.6 Å². The lowest BCUT2D eigenvalue weighted by Crippen LogP contribution is -2.44. The fourth-order valence-electron chi connectivity index (χ4n) is 1.44. The topological polar surface area (TPSA) is 45.2 Å². The molecular weight excluding hydrogens is 250 g/mol. The predicted molar refractivity (Wildman–Crippen MR) is 75.3 cm³/mol. The van der Waals surface area contributed by atoms with E-state index in [0.29, 0.717) is 16.4 Å². The van der Waals surface area contributed by atoms with Gasteiger partial charge in [0.1, 0.15) is 5.82 Å². The normalized spacial score (nSPS) is 11.2. The van der Waals surface area contributed by atoms with Gasteiger partial charge in [-0.1, -0.05) is 18.5 Å². The molecule has 0 aromatic carbocycles. The Labute approximate surface area is 113 Å². The molecule has 0 aliphatic carbocycles. The van der Waals surface area contributed by atoms with E-state index in [4.69, 9.17) is 11.6 Å². The molecular formula is C13H20ClN3O. The Balaban J connectivity index is 3.01. The molecule has 0 saturated carbocycles. The summed E-state index contributed by atoms with van der Waals surface area (Å²) in [5, 5.41) is 3.31. The molecule has 0 spiro atoms. The highest BCUT2D eigenvalue weighted by molar-refractivity contribution is 6.33. The van der Waals surface area contributed by atoms with Gasteiger partial charge in [-0.25, -0.2) is 4.98 Å². The van der Waals surface area contributed by atoms with Gasteiger partial charge in [0.15, 0.2) is 0 Å². The molecule has 100 valence electrons. The Morgan fingerprint density at radius 2 is 2.17 bits per heavy atom. The van der Waals surface area contributed by atoms with Crippen molar-refractivity contribution < 1.29 is 4.79 Å². The largest absolute Gasteiger partial charge is 0.372 e. The van der Waals surface area contributed by atoms with Crippen molar-refractivity contribution in [1.29, 1.82) is 0 Å². The number of hydrogen-bond donors (Lipinski definition) is 1. The highest BCUT2D eigenvalue weighted by atomic mass is 35.5. The van der Waals surface area contributed by atoms with Crippen LogP contribution in [-0.4, -0.2) is 35.4 Å². The second kappa shape index (κ2) is 5.57. The molecule has 5 heteroatoms. The van der Waals surface area contributed by atoms with Gasteiger partial charge in [0.05, 0.1) is 10.6 Å². The van der Waals surface area contributed by atoms with Crippen LogP contribution in [0.5, 0.6) is 0 Å². The molecule has 0 bridgehead atoms. The van der Waals surface area contributed by atoms with Gasteiger partial charge in [-0.15, -0.1) is 0 Å². The molecule has 1 N–H and O–H groups in total. The van der Waals surface area contributed by atoms with Crippen LogP contribution in [0, 0.1) is 0 Å². The van der Waals surface area contributed by atoms with Gasteiger partial charge in [-0.2, -0.15) is 0 Å². The molecule has 0 radical (unpaired) electrons. The van der Waals surface area contributed by atoms with Crippen LogP contribution in [0.3, 0.4) is 0 Å². The van der Waals surface area contributed by atoms with Crippen molar-refractivity contribution in [2.24, 2.45) is 0 Å².